The smallest absolute Gasteiger partial charge is 0.133 e. The van der Waals surface area contributed by atoms with Gasteiger partial charge in [-0.05, 0) is 53.2 Å². The fourth-order valence-electron chi connectivity index (χ4n) is 2.44. The van der Waals surface area contributed by atoms with Gasteiger partial charge in [0.25, 0.3) is 0 Å². The monoisotopic (exact) mass is 295 g/mol. The molecule has 1 atom stereocenters. The zero-order valence-electron chi connectivity index (χ0n) is 9.94. The van der Waals surface area contributed by atoms with Crippen molar-refractivity contribution in [3.05, 3.63) is 28.7 Å². The fourth-order valence-corrected chi connectivity index (χ4v) is 2.82. The van der Waals surface area contributed by atoms with Crippen molar-refractivity contribution in [3.8, 4) is 5.75 Å². The number of benzene rings is 1. The molecule has 17 heavy (non-hydrogen) atoms. The van der Waals surface area contributed by atoms with Crippen LogP contribution in [0.5, 0.6) is 5.75 Å². The number of hydrogen-bond donors (Lipinski definition) is 0. The third-order valence-electron chi connectivity index (χ3n) is 3.57. The number of halogens is 1. The molecule has 2 nitrogen and oxygen atoms in total. The van der Waals surface area contributed by atoms with E-state index in [1.165, 1.54) is 25.9 Å². The highest BCUT2D eigenvalue weighted by molar-refractivity contribution is 9.10. The maximum Gasteiger partial charge on any atom is 0.133 e. The van der Waals surface area contributed by atoms with Crippen LogP contribution in [0.3, 0.4) is 0 Å². The van der Waals surface area contributed by atoms with E-state index < -0.39 is 0 Å². The van der Waals surface area contributed by atoms with Crippen molar-refractivity contribution in [2.45, 2.75) is 25.4 Å². The first kappa shape index (κ1) is 11.5. The molecule has 1 heterocycles. The first-order valence-corrected chi connectivity index (χ1v) is 7.24. The largest absolute Gasteiger partial charge is 0.488 e. The standard InChI is InChI=1S/C14H18BrNO/c15-13-3-1-2-4-14(13)17-12-7-8-16(10-12)9-11-5-6-11/h1-4,11-12H,5-10H2. The summed E-state index contributed by atoms with van der Waals surface area (Å²) in [6.45, 7) is 3.58. The zero-order valence-corrected chi connectivity index (χ0v) is 11.5. The number of para-hydroxylation sites is 1. The molecule has 1 saturated heterocycles. The van der Waals surface area contributed by atoms with E-state index in [4.69, 9.17) is 4.74 Å². The van der Waals surface area contributed by atoms with E-state index in [0.717, 1.165) is 29.1 Å². The predicted octanol–water partition coefficient (Wildman–Crippen LogP) is 3.31. The Kier molecular flexibility index (Phi) is 3.39. The molecule has 1 aliphatic heterocycles. The normalized spacial score (nSPS) is 25.1. The highest BCUT2D eigenvalue weighted by atomic mass is 79.9. The molecule has 1 aliphatic carbocycles. The van der Waals surface area contributed by atoms with Gasteiger partial charge in [0.1, 0.15) is 11.9 Å². The molecule has 3 heteroatoms. The number of likely N-dealkylation sites (tertiary alicyclic amines) is 1. The van der Waals surface area contributed by atoms with Gasteiger partial charge in [-0.2, -0.15) is 0 Å². The van der Waals surface area contributed by atoms with Gasteiger partial charge in [-0.1, -0.05) is 12.1 Å². The molecule has 2 aliphatic rings. The Morgan fingerprint density at radius 2 is 2.06 bits per heavy atom. The molecule has 1 unspecified atom stereocenters. The predicted molar refractivity (Wildman–Crippen MR) is 72.3 cm³/mol. The number of hydrogen-bond acceptors (Lipinski definition) is 2. The van der Waals surface area contributed by atoms with Crippen molar-refractivity contribution >= 4 is 15.9 Å². The van der Waals surface area contributed by atoms with Gasteiger partial charge in [0.2, 0.25) is 0 Å². The first-order valence-electron chi connectivity index (χ1n) is 6.45. The third kappa shape index (κ3) is 3.02. The molecule has 0 spiro atoms. The summed E-state index contributed by atoms with van der Waals surface area (Å²) >= 11 is 3.53. The fraction of sp³-hybridized carbons (Fsp3) is 0.571. The average Bonchev–Trinajstić information content (AvgIpc) is 3.02. The Morgan fingerprint density at radius 3 is 2.82 bits per heavy atom. The van der Waals surface area contributed by atoms with Crippen molar-refractivity contribution in [3.63, 3.8) is 0 Å². The van der Waals surface area contributed by atoms with Crippen LogP contribution in [0.2, 0.25) is 0 Å². The summed E-state index contributed by atoms with van der Waals surface area (Å²) in [5.41, 5.74) is 0. The van der Waals surface area contributed by atoms with Gasteiger partial charge in [-0.3, -0.25) is 4.90 Å². The summed E-state index contributed by atoms with van der Waals surface area (Å²) in [6.07, 6.45) is 4.40. The molecule has 1 aromatic carbocycles. The Hall–Kier alpha value is -0.540. The summed E-state index contributed by atoms with van der Waals surface area (Å²) in [5.74, 6) is 1.96. The minimum Gasteiger partial charge on any atom is -0.488 e. The highest BCUT2D eigenvalue weighted by Crippen LogP contribution is 2.32. The van der Waals surface area contributed by atoms with Gasteiger partial charge in [-0.15, -0.1) is 0 Å². The second-order valence-electron chi connectivity index (χ2n) is 5.16. The van der Waals surface area contributed by atoms with Crippen molar-refractivity contribution < 1.29 is 4.74 Å². The van der Waals surface area contributed by atoms with Crippen LogP contribution < -0.4 is 4.74 Å². The first-order chi connectivity index (χ1) is 8.31. The van der Waals surface area contributed by atoms with Gasteiger partial charge in [0, 0.05) is 19.6 Å². The van der Waals surface area contributed by atoms with E-state index in [9.17, 15) is 0 Å². The second kappa shape index (κ2) is 4.99. The Balaban J connectivity index is 1.54. The van der Waals surface area contributed by atoms with Crippen LogP contribution in [0.15, 0.2) is 28.7 Å². The summed E-state index contributed by atoms with van der Waals surface area (Å²) in [7, 11) is 0. The van der Waals surface area contributed by atoms with Crippen LogP contribution in [-0.4, -0.2) is 30.6 Å². The van der Waals surface area contributed by atoms with Gasteiger partial charge >= 0.3 is 0 Å². The Bertz CT molecular complexity index is 392. The summed E-state index contributed by atoms with van der Waals surface area (Å²) in [6, 6.07) is 8.11. The quantitative estimate of drug-likeness (QED) is 0.845. The molecule has 0 aromatic heterocycles. The number of ether oxygens (including phenoxy) is 1. The second-order valence-corrected chi connectivity index (χ2v) is 6.02. The summed E-state index contributed by atoms with van der Waals surface area (Å²) < 4.78 is 7.11. The molecule has 1 saturated carbocycles. The van der Waals surface area contributed by atoms with Gasteiger partial charge in [-0.25, -0.2) is 0 Å². The van der Waals surface area contributed by atoms with E-state index in [-0.39, 0.29) is 0 Å². The Labute approximate surface area is 111 Å². The van der Waals surface area contributed by atoms with Crippen molar-refractivity contribution in [1.29, 1.82) is 0 Å². The lowest BCUT2D eigenvalue weighted by Crippen LogP contribution is -2.26. The third-order valence-corrected chi connectivity index (χ3v) is 4.23. The number of rotatable bonds is 4. The van der Waals surface area contributed by atoms with Crippen LogP contribution in [0.4, 0.5) is 0 Å². The van der Waals surface area contributed by atoms with E-state index in [1.54, 1.807) is 0 Å². The molecule has 0 amide bonds. The maximum absolute atomic E-state index is 6.05. The zero-order chi connectivity index (χ0) is 11.7. The van der Waals surface area contributed by atoms with Crippen molar-refractivity contribution in [2.75, 3.05) is 19.6 Å². The van der Waals surface area contributed by atoms with Crippen LogP contribution in [0.1, 0.15) is 19.3 Å². The summed E-state index contributed by atoms with van der Waals surface area (Å²) in [5, 5.41) is 0. The lowest BCUT2D eigenvalue weighted by atomic mass is 10.3. The topological polar surface area (TPSA) is 12.5 Å². The number of nitrogens with zero attached hydrogens (tertiary/aromatic N) is 1. The maximum atomic E-state index is 6.05. The molecular weight excluding hydrogens is 278 g/mol. The molecule has 92 valence electrons. The molecule has 0 radical (unpaired) electrons. The molecule has 2 fully saturated rings. The molecule has 1 aromatic rings. The lowest BCUT2D eigenvalue weighted by Gasteiger charge is -2.17. The van der Waals surface area contributed by atoms with Gasteiger partial charge in [0.15, 0.2) is 0 Å². The van der Waals surface area contributed by atoms with Crippen LogP contribution in [-0.2, 0) is 0 Å². The Morgan fingerprint density at radius 1 is 1.24 bits per heavy atom. The summed E-state index contributed by atoms with van der Waals surface area (Å²) in [4.78, 5) is 2.55. The lowest BCUT2D eigenvalue weighted by molar-refractivity contribution is 0.197. The molecule has 0 bridgehead atoms. The SMILES string of the molecule is Brc1ccccc1OC1CCN(CC2CC2)C1. The van der Waals surface area contributed by atoms with E-state index in [1.807, 2.05) is 24.3 Å². The highest BCUT2D eigenvalue weighted by Gasteiger charge is 2.30. The van der Waals surface area contributed by atoms with E-state index in [2.05, 4.69) is 20.8 Å². The van der Waals surface area contributed by atoms with Crippen molar-refractivity contribution in [1.82, 2.24) is 4.90 Å². The van der Waals surface area contributed by atoms with Crippen molar-refractivity contribution in [2.24, 2.45) is 5.92 Å². The minimum atomic E-state index is 0.368. The molecule has 0 N–H and O–H groups in total. The van der Waals surface area contributed by atoms with Gasteiger partial charge < -0.3 is 4.74 Å². The molecule has 3 rings (SSSR count). The van der Waals surface area contributed by atoms with E-state index >= 15 is 0 Å². The van der Waals surface area contributed by atoms with E-state index in [0.29, 0.717) is 6.10 Å². The van der Waals surface area contributed by atoms with Gasteiger partial charge in [0.05, 0.1) is 4.47 Å². The van der Waals surface area contributed by atoms with Crippen LogP contribution in [0, 0.1) is 5.92 Å². The average molecular weight is 296 g/mol. The van der Waals surface area contributed by atoms with Crippen LogP contribution in [0.25, 0.3) is 0 Å². The van der Waals surface area contributed by atoms with Crippen LogP contribution >= 0.6 is 15.9 Å². The minimum absolute atomic E-state index is 0.368. The molecular formula is C14H18BrNO.